The molecule has 0 aliphatic carbocycles. The average molecular weight is 232 g/mol. The first-order chi connectivity index (χ1) is 8.11. The van der Waals surface area contributed by atoms with Gasteiger partial charge in [0.25, 0.3) is 0 Å². The minimum Gasteiger partial charge on any atom is -0.496 e. The van der Waals surface area contributed by atoms with E-state index in [0.717, 1.165) is 18.6 Å². The quantitative estimate of drug-likeness (QED) is 0.664. The van der Waals surface area contributed by atoms with Gasteiger partial charge in [0.05, 0.1) is 7.11 Å². The van der Waals surface area contributed by atoms with Crippen molar-refractivity contribution in [2.75, 3.05) is 7.11 Å². The molecule has 0 aliphatic heterocycles. The van der Waals surface area contributed by atoms with Gasteiger partial charge in [-0.2, -0.15) is 0 Å². The number of allylic oxidation sites excluding steroid dienone is 2. The number of ether oxygens (including phenoxy) is 1. The maximum absolute atomic E-state index is 5.35. The second-order valence-corrected chi connectivity index (χ2v) is 4.62. The van der Waals surface area contributed by atoms with Crippen LogP contribution in [-0.2, 0) is 0 Å². The molecule has 0 saturated carbocycles. The van der Waals surface area contributed by atoms with E-state index in [1.54, 1.807) is 7.11 Å². The maximum atomic E-state index is 5.35. The molecule has 94 valence electrons. The summed E-state index contributed by atoms with van der Waals surface area (Å²) in [5.74, 6) is 1.56. The summed E-state index contributed by atoms with van der Waals surface area (Å²) in [6.07, 6.45) is 6.75. The minimum absolute atomic E-state index is 0.572. The molecular formula is C16H24O. The van der Waals surface area contributed by atoms with Gasteiger partial charge in [-0.05, 0) is 55.4 Å². The normalized spacial score (nSPS) is 13.0. The Morgan fingerprint density at radius 2 is 1.88 bits per heavy atom. The summed E-state index contributed by atoms with van der Waals surface area (Å²) in [6.45, 7) is 8.78. The van der Waals surface area contributed by atoms with Gasteiger partial charge >= 0.3 is 0 Å². The fourth-order valence-corrected chi connectivity index (χ4v) is 2.17. The van der Waals surface area contributed by atoms with E-state index in [0.29, 0.717) is 5.92 Å². The van der Waals surface area contributed by atoms with Crippen LogP contribution in [0.25, 0.3) is 0 Å². The molecule has 1 rings (SSSR count). The van der Waals surface area contributed by atoms with E-state index in [-0.39, 0.29) is 0 Å². The lowest BCUT2D eigenvalue weighted by atomic mass is 9.91. The van der Waals surface area contributed by atoms with E-state index in [2.05, 4.69) is 52.0 Å². The molecule has 0 aliphatic rings. The van der Waals surface area contributed by atoms with Crippen molar-refractivity contribution in [1.82, 2.24) is 0 Å². The zero-order valence-corrected chi connectivity index (χ0v) is 11.7. The highest BCUT2D eigenvalue weighted by molar-refractivity contribution is 5.44. The van der Waals surface area contributed by atoms with Crippen LogP contribution < -0.4 is 4.74 Å². The van der Waals surface area contributed by atoms with Crippen molar-refractivity contribution in [3.05, 3.63) is 41.0 Å². The van der Waals surface area contributed by atoms with Gasteiger partial charge in [0.1, 0.15) is 5.75 Å². The van der Waals surface area contributed by atoms with Crippen molar-refractivity contribution in [2.45, 2.75) is 46.5 Å². The van der Waals surface area contributed by atoms with Gasteiger partial charge < -0.3 is 4.74 Å². The molecule has 0 fully saturated rings. The van der Waals surface area contributed by atoms with Gasteiger partial charge in [0, 0.05) is 0 Å². The van der Waals surface area contributed by atoms with E-state index in [1.165, 1.54) is 16.7 Å². The van der Waals surface area contributed by atoms with Crippen molar-refractivity contribution < 1.29 is 4.74 Å². The predicted molar refractivity (Wildman–Crippen MR) is 74.9 cm³/mol. The number of rotatable bonds is 5. The molecule has 0 spiro atoms. The molecular weight excluding hydrogens is 208 g/mol. The van der Waals surface area contributed by atoms with Crippen LogP contribution in [-0.4, -0.2) is 7.11 Å². The Kier molecular flexibility index (Phi) is 5.27. The second kappa shape index (κ2) is 6.48. The molecule has 1 atom stereocenters. The van der Waals surface area contributed by atoms with E-state index < -0.39 is 0 Å². The molecule has 1 unspecified atom stereocenters. The SMILES string of the molecule is CC/C=C\CC(C)c1ccc(OC)c(C)c1C. The van der Waals surface area contributed by atoms with Gasteiger partial charge in [0.2, 0.25) is 0 Å². The zero-order valence-electron chi connectivity index (χ0n) is 11.7. The summed E-state index contributed by atoms with van der Waals surface area (Å²) in [4.78, 5) is 0. The van der Waals surface area contributed by atoms with Gasteiger partial charge in [-0.25, -0.2) is 0 Å². The van der Waals surface area contributed by atoms with Crippen molar-refractivity contribution in [3.8, 4) is 5.75 Å². The maximum Gasteiger partial charge on any atom is 0.122 e. The number of hydrogen-bond acceptors (Lipinski definition) is 1. The Balaban J connectivity index is 2.91. The molecule has 0 heterocycles. The van der Waals surface area contributed by atoms with Gasteiger partial charge in [0.15, 0.2) is 0 Å². The fourth-order valence-electron chi connectivity index (χ4n) is 2.17. The second-order valence-electron chi connectivity index (χ2n) is 4.62. The number of benzene rings is 1. The standard InChI is InChI=1S/C16H24O/c1-6-7-8-9-12(2)15-10-11-16(17-5)14(4)13(15)3/h7-8,10-12H,6,9H2,1-5H3/b8-7-. The third-order valence-electron chi connectivity index (χ3n) is 3.42. The van der Waals surface area contributed by atoms with Crippen LogP contribution in [0.3, 0.4) is 0 Å². The highest BCUT2D eigenvalue weighted by Gasteiger charge is 2.11. The van der Waals surface area contributed by atoms with Crippen molar-refractivity contribution >= 4 is 0 Å². The Hall–Kier alpha value is -1.24. The summed E-state index contributed by atoms with van der Waals surface area (Å²) >= 11 is 0. The summed E-state index contributed by atoms with van der Waals surface area (Å²) in [5, 5.41) is 0. The molecule has 1 aromatic carbocycles. The van der Waals surface area contributed by atoms with Crippen LogP contribution in [0.4, 0.5) is 0 Å². The first-order valence-corrected chi connectivity index (χ1v) is 6.40. The van der Waals surface area contributed by atoms with Crippen LogP contribution in [0, 0.1) is 13.8 Å². The lowest BCUT2D eigenvalue weighted by Gasteiger charge is -2.17. The number of methoxy groups -OCH3 is 1. The molecule has 0 aromatic heterocycles. The highest BCUT2D eigenvalue weighted by Crippen LogP contribution is 2.30. The van der Waals surface area contributed by atoms with Crippen LogP contribution in [0.5, 0.6) is 5.75 Å². The summed E-state index contributed by atoms with van der Waals surface area (Å²) in [7, 11) is 1.73. The molecule has 1 aromatic rings. The molecule has 1 heteroatoms. The fraction of sp³-hybridized carbons (Fsp3) is 0.500. The molecule has 0 radical (unpaired) electrons. The Labute approximate surface area is 106 Å². The zero-order chi connectivity index (χ0) is 12.8. The predicted octanol–water partition coefficient (Wildman–Crippen LogP) is 4.77. The first-order valence-electron chi connectivity index (χ1n) is 6.40. The number of hydrogen-bond donors (Lipinski definition) is 0. The Bertz CT molecular complexity index is 391. The average Bonchev–Trinajstić information content (AvgIpc) is 2.32. The van der Waals surface area contributed by atoms with E-state index in [4.69, 9.17) is 4.74 Å². The smallest absolute Gasteiger partial charge is 0.122 e. The van der Waals surface area contributed by atoms with Crippen LogP contribution in [0.15, 0.2) is 24.3 Å². The van der Waals surface area contributed by atoms with Gasteiger partial charge in [-0.1, -0.05) is 32.1 Å². The third-order valence-corrected chi connectivity index (χ3v) is 3.42. The van der Waals surface area contributed by atoms with Gasteiger partial charge in [-0.3, -0.25) is 0 Å². The lowest BCUT2D eigenvalue weighted by Crippen LogP contribution is -1.99. The van der Waals surface area contributed by atoms with Crippen molar-refractivity contribution in [1.29, 1.82) is 0 Å². The molecule has 0 saturated heterocycles. The Morgan fingerprint density at radius 3 is 2.47 bits per heavy atom. The third kappa shape index (κ3) is 3.36. The topological polar surface area (TPSA) is 9.23 Å². The monoisotopic (exact) mass is 232 g/mol. The van der Waals surface area contributed by atoms with Crippen LogP contribution in [0.2, 0.25) is 0 Å². The molecule has 17 heavy (non-hydrogen) atoms. The largest absolute Gasteiger partial charge is 0.496 e. The van der Waals surface area contributed by atoms with Gasteiger partial charge in [-0.15, -0.1) is 0 Å². The molecule has 0 amide bonds. The minimum atomic E-state index is 0.572. The van der Waals surface area contributed by atoms with Crippen molar-refractivity contribution in [2.24, 2.45) is 0 Å². The lowest BCUT2D eigenvalue weighted by molar-refractivity contribution is 0.411. The molecule has 0 N–H and O–H groups in total. The first kappa shape index (κ1) is 13.8. The summed E-state index contributed by atoms with van der Waals surface area (Å²) in [6, 6.07) is 4.28. The Morgan fingerprint density at radius 1 is 1.18 bits per heavy atom. The van der Waals surface area contributed by atoms with E-state index in [9.17, 15) is 0 Å². The summed E-state index contributed by atoms with van der Waals surface area (Å²) < 4.78 is 5.35. The van der Waals surface area contributed by atoms with Crippen molar-refractivity contribution in [3.63, 3.8) is 0 Å². The van der Waals surface area contributed by atoms with Crippen LogP contribution in [0.1, 0.15) is 49.3 Å². The highest BCUT2D eigenvalue weighted by atomic mass is 16.5. The van der Waals surface area contributed by atoms with Crippen LogP contribution >= 0.6 is 0 Å². The van der Waals surface area contributed by atoms with E-state index >= 15 is 0 Å². The molecule has 1 nitrogen and oxygen atoms in total. The van der Waals surface area contributed by atoms with E-state index in [1.807, 2.05) is 0 Å². The molecule has 0 bridgehead atoms. The summed E-state index contributed by atoms with van der Waals surface area (Å²) in [5.41, 5.74) is 4.06.